The van der Waals surface area contributed by atoms with Gasteiger partial charge in [-0.1, -0.05) is 12.2 Å². The van der Waals surface area contributed by atoms with Gasteiger partial charge in [0, 0.05) is 12.8 Å². The minimum atomic E-state index is -0.503. The van der Waals surface area contributed by atoms with Crippen LogP contribution in [0.3, 0.4) is 0 Å². The summed E-state index contributed by atoms with van der Waals surface area (Å²) in [4.78, 5) is 0. The van der Waals surface area contributed by atoms with Gasteiger partial charge in [0.15, 0.2) is 0 Å². The van der Waals surface area contributed by atoms with Crippen LogP contribution in [0.15, 0.2) is 12.2 Å². The molecule has 56 valence electrons. The minimum absolute atomic E-state index is 0.175. The highest BCUT2D eigenvalue weighted by molar-refractivity contribution is 5.09. The fraction of sp³-hybridized carbons (Fsp3) is 0.750. The van der Waals surface area contributed by atoms with Crippen molar-refractivity contribution in [2.75, 3.05) is 0 Å². The summed E-state index contributed by atoms with van der Waals surface area (Å²) < 4.78 is 5.46. The maximum atomic E-state index is 9.64. The molecule has 0 radical (unpaired) electrons. The van der Waals surface area contributed by atoms with Gasteiger partial charge in [0.2, 0.25) is 0 Å². The van der Waals surface area contributed by atoms with Crippen molar-refractivity contribution in [1.82, 2.24) is 0 Å². The third-order valence-corrected chi connectivity index (χ3v) is 2.17. The average molecular weight is 140 g/mol. The number of hydrogen-bond acceptors (Lipinski definition) is 2. The van der Waals surface area contributed by atoms with Crippen LogP contribution in [0.25, 0.3) is 0 Å². The fourth-order valence-corrected chi connectivity index (χ4v) is 1.75. The van der Waals surface area contributed by atoms with Crippen LogP contribution in [0.4, 0.5) is 0 Å². The van der Waals surface area contributed by atoms with Gasteiger partial charge in [0.05, 0.1) is 17.8 Å². The summed E-state index contributed by atoms with van der Waals surface area (Å²) in [7, 11) is 0. The highest BCUT2D eigenvalue weighted by Crippen LogP contribution is 2.33. The van der Waals surface area contributed by atoms with E-state index in [9.17, 15) is 5.11 Å². The molecule has 0 aromatic carbocycles. The molecule has 2 nitrogen and oxygen atoms in total. The molecule has 2 heterocycles. The molecule has 2 aliphatic rings. The molecule has 0 saturated carbocycles. The van der Waals surface area contributed by atoms with E-state index in [1.165, 1.54) is 0 Å². The van der Waals surface area contributed by atoms with Crippen LogP contribution in [0, 0.1) is 0 Å². The molecular weight excluding hydrogens is 128 g/mol. The summed E-state index contributed by atoms with van der Waals surface area (Å²) in [5, 5.41) is 9.64. The zero-order chi connectivity index (χ0) is 7.19. The van der Waals surface area contributed by atoms with E-state index in [2.05, 4.69) is 0 Å². The van der Waals surface area contributed by atoms with E-state index in [1.54, 1.807) is 0 Å². The first-order chi connectivity index (χ1) is 4.66. The van der Waals surface area contributed by atoms with Gasteiger partial charge in [0.1, 0.15) is 0 Å². The molecule has 2 unspecified atom stereocenters. The van der Waals surface area contributed by atoms with Crippen molar-refractivity contribution in [3.8, 4) is 0 Å². The topological polar surface area (TPSA) is 29.5 Å². The molecule has 2 heteroatoms. The second-order valence-corrected chi connectivity index (χ2v) is 3.50. The quantitative estimate of drug-likeness (QED) is 0.505. The predicted molar refractivity (Wildman–Crippen MR) is 37.7 cm³/mol. The molecule has 1 saturated heterocycles. The largest absolute Gasteiger partial charge is 0.390 e. The second kappa shape index (κ2) is 1.83. The first kappa shape index (κ1) is 6.38. The van der Waals surface area contributed by atoms with Gasteiger partial charge in [0.25, 0.3) is 0 Å². The lowest BCUT2D eigenvalue weighted by Gasteiger charge is -2.33. The molecular formula is C8H12O2. The van der Waals surface area contributed by atoms with Crippen LogP contribution < -0.4 is 0 Å². The van der Waals surface area contributed by atoms with Crippen molar-refractivity contribution >= 4 is 0 Å². The Balaban J connectivity index is 2.15. The highest BCUT2D eigenvalue weighted by Gasteiger charge is 2.37. The SMILES string of the molecule is CC1(O)CC2C=CC(C1)O2. The van der Waals surface area contributed by atoms with Gasteiger partial charge in [-0.3, -0.25) is 0 Å². The summed E-state index contributed by atoms with van der Waals surface area (Å²) >= 11 is 0. The van der Waals surface area contributed by atoms with Crippen LogP contribution in [-0.4, -0.2) is 22.9 Å². The maximum Gasteiger partial charge on any atom is 0.0792 e. The van der Waals surface area contributed by atoms with E-state index in [1.807, 2.05) is 19.1 Å². The maximum absolute atomic E-state index is 9.64. The Morgan fingerprint density at radius 2 is 1.90 bits per heavy atom. The monoisotopic (exact) mass is 140 g/mol. The zero-order valence-corrected chi connectivity index (χ0v) is 6.08. The Bertz CT molecular complexity index is 156. The molecule has 2 atom stereocenters. The lowest BCUT2D eigenvalue weighted by Crippen LogP contribution is -2.38. The summed E-state index contributed by atoms with van der Waals surface area (Å²) in [6.07, 6.45) is 5.95. The van der Waals surface area contributed by atoms with E-state index >= 15 is 0 Å². The summed E-state index contributed by atoms with van der Waals surface area (Å²) in [6, 6.07) is 0. The van der Waals surface area contributed by atoms with Crippen LogP contribution in [0.1, 0.15) is 19.8 Å². The van der Waals surface area contributed by atoms with Crippen molar-refractivity contribution in [3.63, 3.8) is 0 Å². The van der Waals surface area contributed by atoms with Crippen molar-refractivity contribution in [3.05, 3.63) is 12.2 Å². The second-order valence-electron chi connectivity index (χ2n) is 3.50. The van der Waals surface area contributed by atoms with Gasteiger partial charge in [-0.15, -0.1) is 0 Å². The first-order valence-corrected chi connectivity index (χ1v) is 3.72. The van der Waals surface area contributed by atoms with Crippen LogP contribution >= 0.6 is 0 Å². The summed E-state index contributed by atoms with van der Waals surface area (Å²) in [6.45, 7) is 1.88. The Labute approximate surface area is 60.5 Å². The van der Waals surface area contributed by atoms with Gasteiger partial charge in [-0.05, 0) is 6.92 Å². The molecule has 0 aromatic heterocycles. The average Bonchev–Trinajstić information content (AvgIpc) is 2.08. The fourth-order valence-electron chi connectivity index (χ4n) is 1.75. The van der Waals surface area contributed by atoms with E-state index < -0.39 is 5.60 Å². The van der Waals surface area contributed by atoms with Crippen molar-refractivity contribution < 1.29 is 9.84 Å². The number of rotatable bonds is 0. The highest BCUT2D eigenvalue weighted by atomic mass is 16.5. The Morgan fingerprint density at radius 3 is 2.40 bits per heavy atom. The molecule has 10 heavy (non-hydrogen) atoms. The summed E-state index contributed by atoms with van der Waals surface area (Å²) in [5.74, 6) is 0. The molecule has 0 spiro atoms. The van der Waals surface area contributed by atoms with Crippen LogP contribution in [-0.2, 0) is 4.74 Å². The van der Waals surface area contributed by atoms with E-state index in [4.69, 9.17) is 4.74 Å². The molecule has 0 amide bonds. The van der Waals surface area contributed by atoms with E-state index in [0.717, 1.165) is 12.8 Å². The zero-order valence-electron chi connectivity index (χ0n) is 6.08. The predicted octanol–water partition coefficient (Wildman–Crippen LogP) is 0.855. The third kappa shape index (κ3) is 0.976. The molecule has 0 aliphatic carbocycles. The standard InChI is InChI=1S/C8H12O2/c1-8(9)4-6-2-3-7(5-8)10-6/h2-3,6-7,9H,4-5H2,1H3. The number of ether oxygens (including phenoxy) is 1. The lowest BCUT2D eigenvalue weighted by atomic mass is 9.92. The van der Waals surface area contributed by atoms with Crippen LogP contribution in [0.5, 0.6) is 0 Å². The van der Waals surface area contributed by atoms with Gasteiger partial charge < -0.3 is 9.84 Å². The first-order valence-electron chi connectivity index (χ1n) is 3.72. The van der Waals surface area contributed by atoms with Crippen LogP contribution in [0.2, 0.25) is 0 Å². The number of fused-ring (bicyclic) bond motifs is 2. The minimum Gasteiger partial charge on any atom is -0.390 e. The molecule has 0 aromatic rings. The van der Waals surface area contributed by atoms with Crippen molar-refractivity contribution in [1.29, 1.82) is 0 Å². The number of aliphatic hydroxyl groups is 1. The Morgan fingerprint density at radius 1 is 1.40 bits per heavy atom. The third-order valence-electron chi connectivity index (χ3n) is 2.17. The molecule has 2 rings (SSSR count). The van der Waals surface area contributed by atoms with E-state index in [-0.39, 0.29) is 12.2 Å². The molecule has 2 aliphatic heterocycles. The van der Waals surface area contributed by atoms with Gasteiger partial charge in [-0.25, -0.2) is 0 Å². The Kier molecular flexibility index (Phi) is 1.17. The molecule has 1 N–H and O–H groups in total. The molecule has 1 fully saturated rings. The number of hydrogen-bond donors (Lipinski definition) is 1. The van der Waals surface area contributed by atoms with Crippen molar-refractivity contribution in [2.45, 2.75) is 37.6 Å². The lowest BCUT2D eigenvalue weighted by molar-refractivity contribution is -0.0923. The summed E-state index contributed by atoms with van der Waals surface area (Å²) in [5.41, 5.74) is -0.503. The van der Waals surface area contributed by atoms with E-state index in [0.29, 0.717) is 0 Å². The normalized spacial score (nSPS) is 51.8. The van der Waals surface area contributed by atoms with Gasteiger partial charge >= 0.3 is 0 Å². The molecule has 2 bridgehead atoms. The van der Waals surface area contributed by atoms with Gasteiger partial charge in [-0.2, -0.15) is 0 Å². The smallest absolute Gasteiger partial charge is 0.0792 e. The Hall–Kier alpha value is -0.340. The van der Waals surface area contributed by atoms with Crippen molar-refractivity contribution in [2.24, 2.45) is 0 Å².